The molecule has 162 valence electrons. The Labute approximate surface area is 177 Å². The van der Waals surface area contributed by atoms with Crippen molar-refractivity contribution >= 4 is 15.9 Å². The van der Waals surface area contributed by atoms with Crippen LogP contribution in [0.2, 0.25) is 0 Å². The number of hydrogen-bond donors (Lipinski definition) is 1. The van der Waals surface area contributed by atoms with Gasteiger partial charge < -0.3 is 9.64 Å². The van der Waals surface area contributed by atoms with Crippen molar-refractivity contribution < 1.29 is 17.9 Å². The van der Waals surface area contributed by atoms with Gasteiger partial charge in [-0.25, -0.2) is 13.1 Å². The number of carbonyl (C=O) groups is 1. The van der Waals surface area contributed by atoms with Gasteiger partial charge in [-0.1, -0.05) is 0 Å². The standard InChI is InChI=1S/C21H28N4O4S/c1-22-30(27,28)20-5-3-19(4-6-20)21(26)25(17-18-7-9-23-10-8-18)12-2-11-24-13-15-29-16-14-24/h3-10,22H,2,11-17H2,1H3. The largest absolute Gasteiger partial charge is 0.379 e. The minimum absolute atomic E-state index is 0.123. The number of morpholine rings is 1. The van der Waals surface area contributed by atoms with E-state index in [0.717, 1.165) is 44.8 Å². The van der Waals surface area contributed by atoms with E-state index >= 15 is 0 Å². The number of pyridine rings is 1. The number of sulfonamides is 1. The lowest BCUT2D eigenvalue weighted by molar-refractivity contribution is 0.0355. The molecule has 1 amide bonds. The lowest BCUT2D eigenvalue weighted by Crippen LogP contribution is -2.39. The molecule has 0 atom stereocenters. The van der Waals surface area contributed by atoms with Gasteiger partial charge in [0.25, 0.3) is 5.91 Å². The first-order valence-electron chi connectivity index (χ1n) is 10.0. The van der Waals surface area contributed by atoms with Gasteiger partial charge in [-0.3, -0.25) is 14.7 Å². The molecule has 1 aromatic heterocycles. The Morgan fingerprint density at radius 2 is 1.80 bits per heavy atom. The van der Waals surface area contributed by atoms with Crippen LogP contribution in [0.4, 0.5) is 0 Å². The number of amides is 1. The van der Waals surface area contributed by atoms with E-state index in [2.05, 4.69) is 14.6 Å². The van der Waals surface area contributed by atoms with Crippen LogP contribution in [0.3, 0.4) is 0 Å². The highest BCUT2D eigenvalue weighted by molar-refractivity contribution is 7.89. The summed E-state index contributed by atoms with van der Waals surface area (Å²) in [6.45, 7) is 5.32. The van der Waals surface area contributed by atoms with E-state index in [1.54, 1.807) is 29.4 Å². The lowest BCUT2D eigenvalue weighted by Gasteiger charge is -2.28. The predicted molar refractivity (Wildman–Crippen MR) is 114 cm³/mol. The Morgan fingerprint density at radius 1 is 1.13 bits per heavy atom. The maximum Gasteiger partial charge on any atom is 0.254 e. The maximum atomic E-state index is 13.2. The smallest absolute Gasteiger partial charge is 0.254 e. The third kappa shape index (κ3) is 6.09. The molecule has 8 nitrogen and oxygen atoms in total. The molecule has 1 saturated heterocycles. The molecule has 30 heavy (non-hydrogen) atoms. The predicted octanol–water partition coefficient (Wildman–Crippen LogP) is 1.35. The van der Waals surface area contributed by atoms with E-state index in [1.165, 1.54) is 19.2 Å². The number of rotatable bonds is 9. The van der Waals surface area contributed by atoms with Gasteiger partial charge in [0.15, 0.2) is 0 Å². The third-order valence-electron chi connectivity index (χ3n) is 5.10. The summed E-state index contributed by atoms with van der Waals surface area (Å²) in [6.07, 6.45) is 4.27. The van der Waals surface area contributed by atoms with Gasteiger partial charge in [-0.2, -0.15) is 0 Å². The highest BCUT2D eigenvalue weighted by atomic mass is 32.2. The molecule has 0 spiro atoms. The first kappa shape index (κ1) is 22.4. The van der Waals surface area contributed by atoms with Gasteiger partial charge in [-0.15, -0.1) is 0 Å². The number of nitrogens with one attached hydrogen (secondary N) is 1. The first-order chi connectivity index (χ1) is 14.5. The van der Waals surface area contributed by atoms with Crippen molar-refractivity contribution in [3.05, 3.63) is 59.9 Å². The average molecular weight is 433 g/mol. The van der Waals surface area contributed by atoms with Crippen LogP contribution < -0.4 is 4.72 Å². The number of carbonyl (C=O) groups excluding carboxylic acids is 1. The SMILES string of the molecule is CNS(=O)(=O)c1ccc(C(=O)N(CCCN2CCOCC2)Cc2ccncc2)cc1. The van der Waals surface area contributed by atoms with Crippen LogP contribution in [0.1, 0.15) is 22.3 Å². The quantitative estimate of drug-likeness (QED) is 0.643. The van der Waals surface area contributed by atoms with Gasteiger partial charge in [-0.05, 0) is 55.4 Å². The molecule has 1 N–H and O–H groups in total. The molecule has 1 aliphatic heterocycles. The molecule has 9 heteroatoms. The lowest BCUT2D eigenvalue weighted by atomic mass is 10.1. The summed E-state index contributed by atoms with van der Waals surface area (Å²) in [6, 6.07) is 9.83. The third-order valence-corrected chi connectivity index (χ3v) is 6.53. The Balaban J connectivity index is 1.70. The van der Waals surface area contributed by atoms with Gasteiger partial charge in [0.2, 0.25) is 10.0 Å². The normalized spacial score (nSPS) is 15.1. The molecule has 1 fully saturated rings. The summed E-state index contributed by atoms with van der Waals surface area (Å²) in [4.78, 5) is 21.5. The average Bonchev–Trinajstić information content (AvgIpc) is 2.79. The molecule has 0 saturated carbocycles. The highest BCUT2D eigenvalue weighted by Gasteiger charge is 2.19. The topological polar surface area (TPSA) is 91.8 Å². The molecule has 0 radical (unpaired) electrons. The molecule has 1 aromatic carbocycles. The second-order valence-electron chi connectivity index (χ2n) is 7.12. The van der Waals surface area contributed by atoms with E-state index in [0.29, 0.717) is 18.7 Å². The second kappa shape index (κ2) is 10.6. The van der Waals surface area contributed by atoms with E-state index in [-0.39, 0.29) is 10.8 Å². The van der Waals surface area contributed by atoms with Crippen LogP contribution >= 0.6 is 0 Å². The fraction of sp³-hybridized carbons (Fsp3) is 0.429. The van der Waals surface area contributed by atoms with E-state index in [4.69, 9.17) is 4.74 Å². The fourth-order valence-corrected chi connectivity index (χ4v) is 4.08. The number of ether oxygens (including phenoxy) is 1. The number of aromatic nitrogens is 1. The van der Waals surface area contributed by atoms with Crippen molar-refractivity contribution in [3.8, 4) is 0 Å². The van der Waals surface area contributed by atoms with Gasteiger partial charge in [0, 0.05) is 50.7 Å². The molecule has 0 bridgehead atoms. The highest BCUT2D eigenvalue weighted by Crippen LogP contribution is 2.14. The summed E-state index contributed by atoms with van der Waals surface area (Å²) < 4.78 is 31.5. The summed E-state index contributed by atoms with van der Waals surface area (Å²) in [5, 5.41) is 0. The minimum atomic E-state index is -3.53. The molecular formula is C21H28N4O4S. The Morgan fingerprint density at radius 3 is 2.43 bits per heavy atom. The van der Waals surface area contributed by atoms with Crippen molar-refractivity contribution in [2.45, 2.75) is 17.9 Å². The van der Waals surface area contributed by atoms with E-state index in [9.17, 15) is 13.2 Å². The van der Waals surface area contributed by atoms with Crippen molar-refractivity contribution in [1.82, 2.24) is 19.5 Å². The van der Waals surface area contributed by atoms with Crippen molar-refractivity contribution in [2.24, 2.45) is 0 Å². The summed E-state index contributed by atoms with van der Waals surface area (Å²) in [5.41, 5.74) is 1.46. The van der Waals surface area contributed by atoms with Crippen molar-refractivity contribution in [1.29, 1.82) is 0 Å². The molecule has 2 heterocycles. The zero-order valence-corrected chi connectivity index (χ0v) is 18.0. The Hall–Kier alpha value is -2.33. The van der Waals surface area contributed by atoms with Crippen LogP contribution in [0.15, 0.2) is 53.7 Å². The van der Waals surface area contributed by atoms with Gasteiger partial charge >= 0.3 is 0 Å². The Kier molecular flexibility index (Phi) is 7.92. The summed E-state index contributed by atoms with van der Waals surface area (Å²) in [5.74, 6) is -0.123. The molecule has 1 aliphatic rings. The minimum Gasteiger partial charge on any atom is -0.379 e. The fourth-order valence-electron chi connectivity index (χ4n) is 3.35. The zero-order valence-electron chi connectivity index (χ0n) is 17.2. The van der Waals surface area contributed by atoms with Crippen molar-refractivity contribution in [2.75, 3.05) is 46.4 Å². The van der Waals surface area contributed by atoms with Crippen LogP contribution in [0, 0.1) is 0 Å². The molecule has 3 rings (SSSR count). The second-order valence-corrected chi connectivity index (χ2v) is 9.01. The molecule has 0 aliphatic carbocycles. The number of nitrogens with zero attached hydrogens (tertiary/aromatic N) is 3. The molecular weight excluding hydrogens is 404 g/mol. The zero-order chi connectivity index (χ0) is 21.4. The summed E-state index contributed by atoms with van der Waals surface area (Å²) >= 11 is 0. The molecule has 2 aromatic rings. The Bertz CT molecular complexity index is 914. The van der Waals surface area contributed by atoms with Crippen LogP contribution in [0.5, 0.6) is 0 Å². The number of hydrogen-bond acceptors (Lipinski definition) is 6. The van der Waals surface area contributed by atoms with Crippen LogP contribution in [-0.2, 0) is 21.3 Å². The van der Waals surface area contributed by atoms with Gasteiger partial charge in [0.05, 0.1) is 18.1 Å². The maximum absolute atomic E-state index is 13.2. The van der Waals surface area contributed by atoms with Gasteiger partial charge in [0.1, 0.15) is 0 Å². The first-order valence-corrected chi connectivity index (χ1v) is 11.5. The summed E-state index contributed by atoms with van der Waals surface area (Å²) in [7, 11) is -2.17. The van der Waals surface area contributed by atoms with Crippen molar-refractivity contribution in [3.63, 3.8) is 0 Å². The number of benzene rings is 1. The van der Waals surface area contributed by atoms with Crippen LogP contribution in [-0.4, -0.2) is 75.5 Å². The van der Waals surface area contributed by atoms with Crippen LogP contribution in [0.25, 0.3) is 0 Å². The monoisotopic (exact) mass is 432 g/mol. The van der Waals surface area contributed by atoms with E-state index < -0.39 is 10.0 Å². The molecule has 0 unspecified atom stereocenters. The van der Waals surface area contributed by atoms with E-state index in [1.807, 2.05) is 12.1 Å².